The van der Waals surface area contributed by atoms with Gasteiger partial charge in [-0.1, -0.05) is 0 Å². The lowest BCUT2D eigenvalue weighted by atomic mass is 9.95. The Balaban J connectivity index is 1.85. The lowest BCUT2D eigenvalue weighted by Crippen LogP contribution is -2.45. The molecule has 0 aromatic heterocycles. The second-order valence-corrected chi connectivity index (χ2v) is 8.91. The van der Waals surface area contributed by atoms with Gasteiger partial charge in [-0.05, 0) is 44.9 Å². The monoisotopic (exact) mass is 541 g/mol. The van der Waals surface area contributed by atoms with Gasteiger partial charge in [0.2, 0.25) is 11.7 Å². The number of nitro groups is 1. The van der Waals surface area contributed by atoms with Gasteiger partial charge in [0.05, 0.1) is 38.4 Å². The fourth-order valence-corrected chi connectivity index (χ4v) is 4.68. The van der Waals surface area contributed by atoms with Crippen LogP contribution in [-0.4, -0.2) is 75.4 Å². The highest BCUT2D eigenvalue weighted by Gasteiger charge is 2.29. The number of nitro benzene ring substituents is 1. The maximum absolute atomic E-state index is 13.0. The van der Waals surface area contributed by atoms with E-state index >= 15 is 0 Å². The van der Waals surface area contributed by atoms with Crippen LogP contribution < -0.4 is 24.5 Å². The Hall–Kier alpha value is -4.35. The summed E-state index contributed by atoms with van der Waals surface area (Å²) in [4.78, 5) is 40.7. The molecule has 1 heterocycles. The predicted octanol–water partition coefficient (Wildman–Crippen LogP) is 3.47. The predicted molar refractivity (Wildman–Crippen MR) is 147 cm³/mol. The summed E-state index contributed by atoms with van der Waals surface area (Å²) in [6, 6.07) is 7.47. The molecular formula is C27H35N5O7. The molecule has 1 N–H and O–H groups in total. The molecule has 1 aliphatic heterocycles. The zero-order valence-corrected chi connectivity index (χ0v) is 22.9. The Bertz CT molecular complexity index is 1200. The summed E-state index contributed by atoms with van der Waals surface area (Å²) >= 11 is 0. The van der Waals surface area contributed by atoms with Crippen molar-refractivity contribution in [1.29, 1.82) is 0 Å². The summed E-state index contributed by atoms with van der Waals surface area (Å²) in [5.41, 5.74) is 3.71. The van der Waals surface area contributed by atoms with E-state index in [1.165, 1.54) is 51.8 Å². The number of carbonyl (C=O) groups excluding carboxylic acids is 2. The third kappa shape index (κ3) is 6.75. The first-order valence-corrected chi connectivity index (χ1v) is 12.7. The molecular weight excluding hydrogens is 506 g/mol. The molecule has 1 saturated heterocycles. The molecule has 0 spiro atoms. The normalized spacial score (nSPS) is 15.1. The fourth-order valence-electron chi connectivity index (χ4n) is 4.68. The van der Waals surface area contributed by atoms with Gasteiger partial charge in [-0.15, -0.1) is 0 Å². The SMILES string of the molecule is CCN(CC)C(=O)[C@H]1CCCN(c2ccc([N+](=O)[O-])cc2/C=N\NC(=O)c2cc(OC)c(OC)c(OC)c2)C1. The van der Waals surface area contributed by atoms with Gasteiger partial charge < -0.3 is 24.0 Å². The lowest BCUT2D eigenvalue weighted by molar-refractivity contribution is -0.384. The van der Waals surface area contributed by atoms with Crippen molar-refractivity contribution in [3.8, 4) is 17.2 Å². The molecule has 0 aliphatic carbocycles. The first kappa shape index (κ1) is 29.2. The summed E-state index contributed by atoms with van der Waals surface area (Å²) in [6.07, 6.45) is 2.96. The number of anilines is 1. The molecule has 2 amide bonds. The molecule has 12 heteroatoms. The number of carbonyl (C=O) groups is 2. The van der Waals surface area contributed by atoms with Crippen molar-refractivity contribution in [2.75, 3.05) is 52.4 Å². The molecule has 1 atom stereocenters. The molecule has 2 aromatic rings. The van der Waals surface area contributed by atoms with Crippen molar-refractivity contribution in [3.05, 3.63) is 51.6 Å². The molecule has 0 saturated carbocycles. The number of benzene rings is 2. The number of non-ortho nitro benzene ring substituents is 1. The Kier molecular flexibility index (Phi) is 10.1. The highest BCUT2D eigenvalue weighted by atomic mass is 16.6. The highest BCUT2D eigenvalue weighted by molar-refractivity contribution is 5.97. The standard InChI is InChI=1S/C27H35N5O7/c1-6-30(7-2)27(34)18-9-8-12-31(17-18)22-11-10-21(32(35)36)13-20(22)16-28-29-26(33)19-14-23(37-3)25(39-5)24(15-19)38-4/h10-11,13-16,18H,6-9,12,17H2,1-5H3,(H,29,33)/b28-16-/t18-/m0/s1. The zero-order valence-electron chi connectivity index (χ0n) is 22.9. The molecule has 1 aliphatic rings. The van der Waals surface area contributed by atoms with Gasteiger partial charge in [0.25, 0.3) is 11.6 Å². The van der Waals surface area contributed by atoms with E-state index in [1.807, 2.05) is 23.6 Å². The van der Waals surface area contributed by atoms with E-state index in [1.54, 1.807) is 6.07 Å². The summed E-state index contributed by atoms with van der Waals surface area (Å²) in [6.45, 7) is 6.39. The van der Waals surface area contributed by atoms with Crippen LogP contribution in [0.4, 0.5) is 11.4 Å². The fraction of sp³-hybridized carbons (Fsp3) is 0.444. The quantitative estimate of drug-likeness (QED) is 0.260. The van der Waals surface area contributed by atoms with Crippen LogP contribution in [0.2, 0.25) is 0 Å². The number of rotatable bonds is 11. The number of ether oxygens (including phenoxy) is 3. The Morgan fingerprint density at radius 2 is 1.79 bits per heavy atom. The van der Waals surface area contributed by atoms with Gasteiger partial charge in [0.1, 0.15) is 0 Å². The van der Waals surface area contributed by atoms with Crippen molar-refractivity contribution in [2.24, 2.45) is 11.0 Å². The summed E-state index contributed by atoms with van der Waals surface area (Å²) in [7, 11) is 4.36. The minimum absolute atomic E-state index is 0.107. The number of hydrogen-bond donors (Lipinski definition) is 1. The second kappa shape index (κ2) is 13.4. The first-order chi connectivity index (χ1) is 18.8. The Morgan fingerprint density at radius 1 is 1.13 bits per heavy atom. The summed E-state index contributed by atoms with van der Waals surface area (Å²) < 4.78 is 15.9. The minimum Gasteiger partial charge on any atom is -0.493 e. The van der Waals surface area contributed by atoms with E-state index in [0.717, 1.165) is 12.8 Å². The number of nitrogens with one attached hydrogen (secondary N) is 1. The zero-order chi connectivity index (χ0) is 28.5. The molecule has 39 heavy (non-hydrogen) atoms. The molecule has 12 nitrogen and oxygen atoms in total. The lowest BCUT2D eigenvalue weighted by Gasteiger charge is -2.36. The first-order valence-electron chi connectivity index (χ1n) is 12.7. The van der Waals surface area contributed by atoms with Gasteiger partial charge in [-0.3, -0.25) is 19.7 Å². The van der Waals surface area contributed by atoms with Crippen molar-refractivity contribution < 1.29 is 28.7 Å². The number of nitrogens with zero attached hydrogens (tertiary/aromatic N) is 4. The summed E-state index contributed by atoms with van der Waals surface area (Å²) in [5.74, 6) is 0.371. The molecule has 210 valence electrons. The van der Waals surface area contributed by atoms with E-state index < -0.39 is 10.8 Å². The molecule has 0 radical (unpaired) electrons. The number of piperidine rings is 1. The van der Waals surface area contributed by atoms with Crippen LogP contribution in [0.3, 0.4) is 0 Å². The van der Waals surface area contributed by atoms with Gasteiger partial charge in [0, 0.05) is 55.1 Å². The third-order valence-electron chi connectivity index (χ3n) is 6.71. The Morgan fingerprint density at radius 3 is 2.36 bits per heavy atom. The van der Waals surface area contributed by atoms with Crippen LogP contribution >= 0.6 is 0 Å². The number of amides is 2. The van der Waals surface area contributed by atoms with E-state index in [2.05, 4.69) is 10.5 Å². The Labute approximate surface area is 227 Å². The van der Waals surface area contributed by atoms with E-state index in [-0.39, 0.29) is 23.1 Å². The van der Waals surface area contributed by atoms with Gasteiger partial charge in [-0.25, -0.2) is 5.43 Å². The molecule has 1 fully saturated rings. The average molecular weight is 542 g/mol. The van der Waals surface area contributed by atoms with Crippen LogP contribution in [0.25, 0.3) is 0 Å². The van der Waals surface area contributed by atoms with Crippen molar-refractivity contribution in [1.82, 2.24) is 10.3 Å². The number of hydrazone groups is 1. The van der Waals surface area contributed by atoms with Crippen LogP contribution in [-0.2, 0) is 4.79 Å². The van der Waals surface area contributed by atoms with Crippen LogP contribution in [0.15, 0.2) is 35.4 Å². The van der Waals surface area contributed by atoms with Gasteiger partial charge in [0.15, 0.2) is 11.5 Å². The van der Waals surface area contributed by atoms with E-state index in [0.29, 0.717) is 54.7 Å². The van der Waals surface area contributed by atoms with Crippen molar-refractivity contribution in [3.63, 3.8) is 0 Å². The highest BCUT2D eigenvalue weighted by Crippen LogP contribution is 2.38. The average Bonchev–Trinajstić information content (AvgIpc) is 2.96. The third-order valence-corrected chi connectivity index (χ3v) is 6.71. The van der Waals surface area contributed by atoms with Crippen molar-refractivity contribution >= 4 is 29.4 Å². The number of hydrogen-bond acceptors (Lipinski definition) is 9. The second-order valence-electron chi connectivity index (χ2n) is 8.91. The minimum atomic E-state index is -0.541. The topological polar surface area (TPSA) is 136 Å². The van der Waals surface area contributed by atoms with E-state index in [4.69, 9.17) is 14.2 Å². The van der Waals surface area contributed by atoms with Crippen LogP contribution in [0.5, 0.6) is 17.2 Å². The largest absolute Gasteiger partial charge is 0.493 e. The molecule has 0 unspecified atom stereocenters. The summed E-state index contributed by atoms with van der Waals surface area (Å²) in [5, 5.41) is 15.5. The molecule has 2 aromatic carbocycles. The van der Waals surface area contributed by atoms with E-state index in [9.17, 15) is 19.7 Å². The van der Waals surface area contributed by atoms with Gasteiger partial charge in [-0.2, -0.15) is 5.10 Å². The van der Waals surface area contributed by atoms with Crippen molar-refractivity contribution in [2.45, 2.75) is 26.7 Å². The molecule has 0 bridgehead atoms. The van der Waals surface area contributed by atoms with Crippen LogP contribution in [0, 0.1) is 16.0 Å². The van der Waals surface area contributed by atoms with Crippen LogP contribution in [0.1, 0.15) is 42.6 Å². The number of methoxy groups -OCH3 is 3. The maximum Gasteiger partial charge on any atom is 0.271 e. The maximum atomic E-state index is 13.0. The smallest absolute Gasteiger partial charge is 0.271 e. The molecule has 3 rings (SSSR count). The van der Waals surface area contributed by atoms with Gasteiger partial charge >= 0.3 is 0 Å².